The van der Waals surface area contributed by atoms with Gasteiger partial charge in [0.15, 0.2) is 0 Å². The molecular weight excluding hydrogens is 316 g/mol. The molecule has 1 aromatic heterocycles. The van der Waals surface area contributed by atoms with Crippen LogP contribution in [0.15, 0.2) is 66.9 Å². The van der Waals surface area contributed by atoms with E-state index in [1.165, 1.54) is 11.1 Å². The van der Waals surface area contributed by atoms with Gasteiger partial charge in [-0.2, -0.15) is 0 Å². The van der Waals surface area contributed by atoms with Crippen LogP contribution in [0.5, 0.6) is 0 Å². The third-order valence-electron chi connectivity index (χ3n) is 4.15. The number of hydrogen-bond acceptors (Lipinski definition) is 2. The molecule has 0 aliphatic heterocycles. The lowest BCUT2D eigenvalue weighted by Crippen LogP contribution is -2.14. The van der Waals surface area contributed by atoms with Crippen LogP contribution in [0.4, 0.5) is 0 Å². The third kappa shape index (κ3) is 4.02. The Kier molecular flexibility index (Phi) is 5.63. The molecule has 0 radical (unpaired) electrons. The molecule has 2 nitrogen and oxygen atoms in total. The van der Waals surface area contributed by atoms with Gasteiger partial charge in [0.25, 0.3) is 0 Å². The maximum Gasteiger partial charge on any atom is 0.133 e. The first kappa shape index (κ1) is 16.7. The molecule has 0 saturated heterocycles. The summed E-state index contributed by atoms with van der Waals surface area (Å²) in [5, 5.41) is 4.05. The summed E-state index contributed by atoms with van der Waals surface area (Å²) in [5.41, 5.74) is 5.98. The summed E-state index contributed by atoms with van der Waals surface area (Å²) < 4.78 is 0. The second-order valence-corrected chi connectivity index (χ2v) is 6.12. The second-order valence-electron chi connectivity index (χ2n) is 5.77. The lowest BCUT2D eigenvalue weighted by molar-refractivity contribution is 0.687. The molecule has 1 N–H and O–H groups in total. The Balaban J connectivity index is 1.71. The summed E-state index contributed by atoms with van der Waals surface area (Å²) in [5.74, 6) is 0. The highest BCUT2D eigenvalue weighted by atomic mass is 35.5. The molecule has 0 amide bonds. The van der Waals surface area contributed by atoms with Crippen molar-refractivity contribution in [3.8, 4) is 11.1 Å². The fourth-order valence-corrected chi connectivity index (χ4v) is 2.98. The Morgan fingerprint density at radius 1 is 0.833 bits per heavy atom. The summed E-state index contributed by atoms with van der Waals surface area (Å²) in [6.07, 6.45) is 2.87. The van der Waals surface area contributed by atoms with E-state index >= 15 is 0 Å². The lowest BCUT2D eigenvalue weighted by Gasteiger charge is -2.11. The van der Waals surface area contributed by atoms with Crippen LogP contribution in [0.25, 0.3) is 11.1 Å². The Hall–Kier alpha value is -2.16. The van der Waals surface area contributed by atoms with Gasteiger partial charge < -0.3 is 5.32 Å². The minimum Gasteiger partial charge on any atom is -0.308 e. The molecule has 2 aromatic carbocycles. The predicted molar refractivity (Wildman–Crippen MR) is 101 cm³/mol. The molecule has 0 aliphatic carbocycles. The Morgan fingerprint density at radius 3 is 2.25 bits per heavy atom. The predicted octanol–water partition coefficient (Wildman–Crippen LogP) is 5.25. The van der Waals surface area contributed by atoms with Crippen LogP contribution in [-0.4, -0.2) is 4.98 Å². The van der Waals surface area contributed by atoms with Gasteiger partial charge in [-0.15, -0.1) is 0 Å². The normalized spacial score (nSPS) is 10.8. The molecule has 0 fully saturated rings. The fourth-order valence-electron chi connectivity index (χ4n) is 2.81. The molecular formula is C21H21ClN2. The first-order chi connectivity index (χ1) is 11.8. The lowest BCUT2D eigenvalue weighted by atomic mass is 10.0. The van der Waals surface area contributed by atoms with Gasteiger partial charge in [0, 0.05) is 30.4 Å². The second kappa shape index (κ2) is 8.09. The molecule has 3 aromatic rings. The highest BCUT2D eigenvalue weighted by Gasteiger charge is 2.06. The Labute approximate surface area is 148 Å². The van der Waals surface area contributed by atoms with Crippen LogP contribution in [0.1, 0.15) is 23.6 Å². The molecule has 0 unspecified atom stereocenters. The SMILES string of the molecule is CCc1ccccc1CNCc1cc(-c2ccccc2)cnc1Cl. The van der Waals surface area contributed by atoms with Crippen LogP contribution in [0.3, 0.4) is 0 Å². The minimum atomic E-state index is 0.561. The quantitative estimate of drug-likeness (QED) is 0.621. The number of halogens is 1. The maximum absolute atomic E-state index is 6.27. The number of rotatable bonds is 6. The highest BCUT2D eigenvalue weighted by Crippen LogP contribution is 2.23. The summed E-state index contributed by atoms with van der Waals surface area (Å²) in [4.78, 5) is 4.34. The number of benzene rings is 2. The Morgan fingerprint density at radius 2 is 1.50 bits per heavy atom. The average Bonchev–Trinajstić information content (AvgIpc) is 2.64. The molecule has 24 heavy (non-hydrogen) atoms. The minimum absolute atomic E-state index is 0.561. The molecule has 0 saturated carbocycles. The number of pyridine rings is 1. The van der Waals surface area contributed by atoms with E-state index in [9.17, 15) is 0 Å². The zero-order chi connectivity index (χ0) is 16.8. The van der Waals surface area contributed by atoms with E-state index in [2.05, 4.69) is 59.7 Å². The van der Waals surface area contributed by atoms with E-state index in [1.807, 2.05) is 24.4 Å². The van der Waals surface area contributed by atoms with Crippen LogP contribution in [-0.2, 0) is 19.5 Å². The molecule has 3 rings (SSSR count). The number of hydrogen-bond donors (Lipinski definition) is 1. The molecule has 122 valence electrons. The van der Waals surface area contributed by atoms with Crippen molar-refractivity contribution in [1.82, 2.24) is 10.3 Å². The van der Waals surface area contributed by atoms with Gasteiger partial charge in [-0.1, -0.05) is 73.1 Å². The summed E-state index contributed by atoms with van der Waals surface area (Å²) in [6.45, 7) is 3.71. The maximum atomic E-state index is 6.27. The van der Waals surface area contributed by atoms with Gasteiger partial charge in [0.2, 0.25) is 0 Å². The van der Waals surface area contributed by atoms with E-state index in [1.54, 1.807) is 0 Å². The summed E-state index contributed by atoms with van der Waals surface area (Å²) in [6, 6.07) is 20.9. The highest BCUT2D eigenvalue weighted by molar-refractivity contribution is 6.30. The van der Waals surface area contributed by atoms with Crippen LogP contribution in [0, 0.1) is 0 Å². The monoisotopic (exact) mass is 336 g/mol. The number of aromatic nitrogens is 1. The van der Waals surface area contributed by atoms with Crippen LogP contribution in [0.2, 0.25) is 5.15 Å². The van der Waals surface area contributed by atoms with E-state index in [-0.39, 0.29) is 0 Å². The molecule has 0 atom stereocenters. The van der Waals surface area contributed by atoms with Gasteiger partial charge >= 0.3 is 0 Å². The first-order valence-corrected chi connectivity index (χ1v) is 8.63. The van der Waals surface area contributed by atoms with Crippen molar-refractivity contribution in [2.24, 2.45) is 0 Å². The molecule has 0 bridgehead atoms. The number of nitrogens with zero attached hydrogens (tertiary/aromatic N) is 1. The fraction of sp³-hybridized carbons (Fsp3) is 0.190. The molecule has 0 aliphatic rings. The number of aryl methyl sites for hydroxylation is 1. The van der Waals surface area contributed by atoms with Crippen molar-refractivity contribution in [2.45, 2.75) is 26.4 Å². The van der Waals surface area contributed by atoms with Gasteiger partial charge in [-0.3, -0.25) is 0 Å². The Bertz CT molecular complexity index is 800. The van der Waals surface area contributed by atoms with Gasteiger partial charge in [0.1, 0.15) is 5.15 Å². The van der Waals surface area contributed by atoms with Crippen molar-refractivity contribution in [2.75, 3.05) is 0 Å². The zero-order valence-corrected chi connectivity index (χ0v) is 14.6. The van der Waals surface area contributed by atoms with Crippen LogP contribution < -0.4 is 5.32 Å². The van der Waals surface area contributed by atoms with E-state index in [0.717, 1.165) is 29.7 Å². The van der Waals surface area contributed by atoms with Crippen molar-refractivity contribution in [1.29, 1.82) is 0 Å². The average molecular weight is 337 g/mol. The molecule has 1 heterocycles. The van der Waals surface area contributed by atoms with Gasteiger partial charge in [0.05, 0.1) is 0 Å². The van der Waals surface area contributed by atoms with E-state index in [0.29, 0.717) is 11.7 Å². The van der Waals surface area contributed by atoms with Crippen molar-refractivity contribution in [3.63, 3.8) is 0 Å². The molecule has 0 spiro atoms. The number of nitrogens with one attached hydrogen (secondary N) is 1. The van der Waals surface area contributed by atoms with Crippen molar-refractivity contribution >= 4 is 11.6 Å². The van der Waals surface area contributed by atoms with Gasteiger partial charge in [-0.05, 0) is 29.2 Å². The van der Waals surface area contributed by atoms with Gasteiger partial charge in [-0.25, -0.2) is 4.98 Å². The van der Waals surface area contributed by atoms with Crippen LogP contribution >= 0.6 is 11.6 Å². The summed E-state index contributed by atoms with van der Waals surface area (Å²) >= 11 is 6.27. The van der Waals surface area contributed by atoms with Crippen molar-refractivity contribution in [3.05, 3.63) is 88.7 Å². The topological polar surface area (TPSA) is 24.9 Å². The van der Waals surface area contributed by atoms with E-state index < -0.39 is 0 Å². The zero-order valence-electron chi connectivity index (χ0n) is 13.8. The largest absolute Gasteiger partial charge is 0.308 e. The molecule has 3 heteroatoms. The smallest absolute Gasteiger partial charge is 0.133 e. The summed E-state index contributed by atoms with van der Waals surface area (Å²) in [7, 11) is 0. The van der Waals surface area contributed by atoms with E-state index in [4.69, 9.17) is 11.6 Å². The third-order valence-corrected chi connectivity index (χ3v) is 4.49. The standard InChI is InChI=1S/C21H21ClN2/c1-2-16-8-6-7-11-18(16)13-23-14-20-12-19(15-24-21(20)22)17-9-4-3-5-10-17/h3-12,15,23H,2,13-14H2,1H3. The van der Waals surface area contributed by atoms with Crippen molar-refractivity contribution < 1.29 is 0 Å². The first-order valence-electron chi connectivity index (χ1n) is 8.25.